The molecule has 0 atom stereocenters. The van der Waals surface area contributed by atoms with E-state index in [4.69, 9.17) is 0 Å². The summed E-state index contributed by atoms with van der Waals surface area (Å²) in [4.78, 5) is 0. The quantitative estimate of drug-likeness (QED) is 0.465. The molecule has 4 heavy (non-hydrogen) atoms. The smallest absolute Gasteiger partial charge is 2.00 e. The molecule has 0 fully saturated rings. The van der Waals surface area contributed by atoms with Gasteiger partial charge in [-0.05, 0) is 0 Å². The molecule has 0 spiro atoms. The van der Waals surface area contributed by atoms with E-state index < -0.39 is 0 Å². The van der Waals surface area contributed by atoms with Gasteiger partial charge in [0.05, 0.1) is 0 Å². The normalized spacial score (nSPS) is 0. The molecule has 0 rings (SSSR count). The SMILES string of the molecule is [Mn+2].[Mo+4].[O-2].[O-2]. The fourth-order valence-corrected chi connectivity index (χ4v) is 0. The Kier molecular flexibility index (Phi) is 545. The number of hydrogen-bond donors (Lipinski definition) is 0. The second kappa shape index (κ2) is 31.7. The van der Waals surface area contributed by atoms with Gasteiger partial charge in [0.1, 0.15) is 0 Å². The molecule has 0 aliphatic heterocycles. The van der Waals surface area contributed by atoms with Gasteiger partial charge in [-0.3, -0.25) is 0 Å². The van der Waals surface area contributed by atoms with Gasteiger partial charge in [-0.15, -0.1) is 0 Å². The zero-order valence-electron chi connectivity index (χ0n) is 1.60. The summed E-state index contributed by atoms with van der Waals surface area (Å²) in [5.41, 5.74) is 0. The maximum atomic E-state index is 0. The fraction of sp³-hybridized carbons (Fsp3) is 0. The Labute approximate surface area is 49.3 Å². The molecule has 0 aromatic carbocycles. The molecule has 0 aliphatic carbocycles. The minimum absolute atomic E-state index is 0. The van der Waals surface area contributed by atoms with Gasteiger partial charge in [-0.2, -0.15) is 0 Å². The van der Waals surface area contributed by atoms with Gasteiger partial charge < -0.3 is 11.0 Å². The largest absolute Gasteiger partial charge is 4.00 e. The van der Waals surface area contributed by atoms with Crippen LogP contribution in [0.1, 0.15) is 0 Å². The number of rotatable bonds is 0. The van der Waals surface area contributed by atoms with Crippen LogP contribution in [0.25, 0.3) is 0 Å². The van der Waals surface area contributed by atoms with Crippen LogP contribution in [0, 0.1) is 0 Å². The standard InChI is InChI=1S/Mn.Mo.2O/q+2;+4;2*-2. The zero-order chi connectivity index (χ0) is 0. The Hall–Kier alpha value is 1.13. The summed E-state index contributed by atoms with van der Waals surface area (Å²) in [6.45, 7) is 0. The molecule has 0 aliphatic rings. The molecule has 1 radical (unpaired) electrons. The molecule has 2 nitrogen and oxygen atoms in total. The molecule has 23 valence electrons. The van der Waals surface area contributed by atoms with Crippen molar-refractivity contribution in [1.29, 1.82) is 0 Å². The van der Waals surface area contributed by atoms with Crippen LogP contribution < -0.4 is 0 Å². The maximum absolute atomic E-state index is 0. The van der Waals surface area contributed by atoms with Crippen molar-refractivity contribution in [2.45, 2.75) is 0 Å². The van der Waals surface area contributed by atoms with Crippen LogP contribution in [-0.2, 0) is 49.1 Å². The molecule has 4 heteroatoms. The van der Waals surface area contributed by atoms with Crippen molar-refractivity contribution >= 4 is 0 Å². The van der Waals surface area contributed by atoms with Gasteiger partial charge in [0, 0.05) is 0 Å². The molecule has 0 N–H and O–H groups in total. The van der Waals surface area contributed by atoms with Crippen LogP contribution in [-0.4, -0.2) is 0 Å². The minimum atomic E-state index is 0. The van der Waals surface area contributed by atoms with Crippen molar-refractivity contribution in [1.82, 2.24) is 0 Å². The van der Waals surface area contributed by atoms with E-state index in [1.165, 1.54) is 0 Å². The van der Waals surface area contributed by atoms with E-state index in [1.54, 1.807) is 0 Å². The Morgan fingerprint density at radius 3 is 0.750 bits per heavy atom. The predicted molar refractivity (Wildman–Crippen MR) is 1.37 cm³/mol. The molecule has 0 unspecified atom stereocenters. The third-order valence-corrected chi connectivity index (χ3v) is 0. The van der Waals surface area contributed by atoms with Crippen LogP contribution in [0.15, 0.2) is 0 Å². The molecule has 0 aromatic rings. The average molecular weight is 183 g/mol. The number of hydrogen-bond acceptors (Lipinski definition) is 0. The topological polar surface area (TPSA) is 57.0 Å². The third kappa shape index (κ3) is 11.1. The third-order valence-electron chi connectivity index (χ3n) is 0. The first-order valence-corrected chi connectivity index (χ1v) is 0. The molecule has 0 bridgehead atoms. The summed E-state index contributed by atoms with van der Waals surface area (Å²) in [6.07, 6.45) is 0. The van der Waals surface area contributed by atoms with Gasteiger partial charge in [-0.25, -0.2) is 0 Å². The van der Waals surface area contributed by atoms with Gasteiger partial charge in [0.2, 0.25) is 0 Å². The van der Waals surface area contributed by atoms with E-state index in [2.05, 4.69) is 0 Å². The summed E-state index contributed by atoms with van der Waals surface area (Å²) in [7, 11) is 0. The molecule has 0 amide bonds. The van der Waals surface area contributed by atoms with Crippen LogP contribution in [0.3, 0.4) is 0 Å². The summed E-state index contributed by atoms with van der Waals surface area (Å²) in [5, 5.41) is 0. The van der Waals surface area contributed by atoms with Crippen molar-refractivity contribution in [3.8, 4) is 0 Å². The van der Waals surface area contributed by atoms with Gasteiger partial charge >= 0.3 is 38.1 Å². The Morgan fingerprint density at radius 1 is 0.750 bits per heavy atom. The first kappa shape index (κ1) is 68.7. The summed E-state index contributed by atoms with van der Waals surface area (Å²) in [6, 6.07) is 0. The predicted octanol–water partition coefficient (Wildman–Crippen LogP) is -0.243. The second-order valence-corrected chi connectivity index (χ2v) is 0. The van der Waals surface area contributed by atoms with Crippen LogP contribution in [0.2, 0.25) is 0 Å². The Bertz CT molecular complexity index is 6.00. The monoisotopic (exact) mass is 185 g/mol. The first-order valence-electron chi connectivity index (χ1n) is 0. The van der Waals surface area contributed by atoms with E-state index in [-0.39, 0.29) is 49.1 Å². The minimum Gasteiger partial charge on any atom is -2.00 e. The summed E-state index contributed by atoms with van der Waals surface area (Å²) >= 11 is 0. The van der Waals surface area contributed by atoms with Crippen molar-refractivity contribution in [3.05, 3.63) is 0 Å². The Balaban J connectivity index is 0. The second-order valence-electron chi connectivity index (χ2n) is 0. The summed E-state index contributed by atoms with van der Waals surface area (Å²) in [5.74, 6) is 0. The molecule has 0 saturated carbocycles. The van der Waals surface area contributed by atoms with Crippen molar-refractivity contribution in [3.63, 3.8) is 0 Å². The Morgan fingerprint density at radius 2 is 0.750 bits per heavy atom. The van der Waals surface area contributed by atoms with E-state index >= 15 is 0 Å². The van der Waals surface area contributed by atoms with E-state index in [0.29, 0.717) is 0 Å². The molecule has 0 heterocycles. The zero-order valence-corrected chi connectivity index (χ0v) is 4.79. The summed E-state index contributed by atoms with van der Waals surface area (Å²) < 4.78 is 0. The van der Waals surface area contributed by atoms with E-state index in [0.717, 1.165) is 0 Å². The van der Waals surface area contributed by atoms with Crippen LogP contribution in [0.5, 0.6) is 0 Å². The van der Waals surface area contributed by atoms with Crippen molar-refractivity contribution in [2.75, 3.05) is 0 Å². The first-order chi connectivity index (χ1) is 0. The van der Waals surface area contributed by atoms with Gasteiger partial charge in [0.25, 0.3) is 0 Å². The van der Waals surface area contributed by atoms with Crippen LogP contribution >= 0.6 is 0 Å². The van der Waals surface area contributed by atoms with E-state index in [1.807, 2.05) is 0 Å². The maximum Gasteiger partial charge on any atom is 4.00 e. The fourth-order valence-electron chi connectivity index (χ4n) is 0. The molecular weight excluding hydrogens is 183 g/mol. The molecular formula is MnMoO2+2. The molecule has 0 saturated heterocycles. The van der Waals surface area contributed by atoms with E-state index in [9.17, 15) is 0 Å². The molecule has 0 aromatic heterocycles. The van der Waals surface area contributed by atoms with Gasteiger partial charge in [-0.1, -0.05) is 0 Å². The van der Waals surface area contributed by atoms with Crippen LogP contribution in [0.4, 0.5) is 0 Å². The average Bonchev–Trinajstić information content (AvgIpc) is 0. The van der Waals surface area contributed by atoms with Gasteiger partial charge in [0.15, 0.2) is 0 Å². The van der Waals surface area contributed by atoms with Crippen molar-refractivity contribution in [2.24, 2.45) is 0 Å². The van der Waals surface area contributed by atoms with Crippen molar-refractivity contribution < 1.29 is 49.1 Å².